The second-order valence-electron chi connectivity index (χ2n) is 8.03. The fraction of sp³-hybridized carbons (Fsp3) is 0.944. The van der Waals surface area contributed by atoms with Gasteiger partial charge in [0, 0.05) is 19.6 Å². The average Bonchev–Trinajstić information content (AvgIpc) is 2.56. The molecule has 0 aromatic heterocycles. The van der Waals surface area contributed by atoms with E-state index < -0.39 is 41.9 Å². The maximum absolute atomic E-state index is 12.3. The van der Waals surface area contributed by atoms with Crippen molar-refractivity contribution in [3.63, 3.8) is 0 Å². The second kappa shape index (κ2) is 8.31. The molecule has 4 unspecified atom stereocenters. The molecule has 8 atom stereocenters. The molecule has 2 saturated heterocycles. The van der Waals surface area contributed by atoms with Gasteiger partial charge in [0.05, 0.1) is 23.7 Å². The monoisotopic (exact) mass is 359 g/mol. The fourth-order valence-electron chi connectivity index (χ4n) is 4.03. The molecule has 2 heterocycles. The van der Waals surface area contributed by atoms with E-state index in [0.29, 0.717) is 19.4 Å². The molecular weight excluding hydrogens is 326 g/mol. The van der Waals surface area contributed by atoms with Crippen LogP contribution in [-0.2, 0) is 19.0 Å². The predicted molar refractivity (Wildman–Crippen MR) is 92.1 cm³/mol. The summed E-state index contributed by atoms with van der Waals surface area (Å²) in [5.41, 5.74) is -0.962. The molecule has 2 aliphatic rings. The largest absolute Gasteiger partial charge is 0.463 e. The standard InChI is InChI=1S/C18H33NO6/c1-10-6-18(4,22)7-14-15(23-5)11(2)17(21)24-9-13(20)16(25-14)12(3)19-8-10/h10-16,19-20,22H,6-9H2,1-5H3/t10-,11?,12?,13?,14-,15-,16?,18-/m1/s1. The summed E-state index contributed by atoms with van der Waals surface area (Å²) in [6.07, 6.45) is -1.68. The maximum Gasteiger partial charge on any atom is 0.311 e. The van der Waals surface area contributed by atoms with E-state index in [4.69, 9.17) is 14.2 Å². The number of esters is 1. The zero-order valence-electron chi connectivity index (χ0n) is 15.9. The minimum atomic E-state index is -0.962. The van der Waals surface area contributed by atoms with Crippen LogP contribution < -0.4 is 5.32 Å². The molecule has 2 rings (SSSR count). The quantitative estimate of drug-likeness (QED) is 0.586. The van der Waals surface area contributed by atoms with Crippen LogP contribution in [0.15, 0.2) is 0 Å². The molecule has 0 aliphatic carbocycles. The van der Waals surface area contributed by atoms with Crippen LogP contribution in [0, 0.1) is 11.8 Å². The zero-order valence-corrected chi connectivity index (χ0v) is 15.9. The molecule has 2 fully saturated rings. The van der Waals surface area contributed by atoms with Gasteiger partial charge in [0.1, 0.15) is 18.8 Å². The van der Waals surface area contributed by atoms with E-state index in [1.807, 2.05) is 6.92 Å². The SMILES string of the molecule is CO[C@@H]1C(C)C(=O)OCC(O)C2O[C@@H]1C[C@](C)(O)C[C@@H](C)CNC2C. The first-order valence-corrected chi connectivity index (χ1v) is 9.13. The topological polar surface area (TPSA) is 97.3 Å². The number of ether oxygens (including phenoxy) is 3. The number of hydrogen-bond acceptors (Lipinski definition) is 7. The van der Waals surface area contributed by atoms with Gasteiger partial charge < -0.3 is 29.7 Å². The first-order chi connectivity index (χ1) is 11.6. The zero-order chi connectivity index (χ0) is 18.8. The van der Waals surface area contributed by atoms with Gasteiger partial charge >= 0.3 is 5.97 Å². The summed E-state index contributed by atoms with van der Waals surface area (Å²) in [6, 6.07) is -0.132. The summed E-state index contributed by atoms with van der Waals surface area (Å²) in [6.45, 7) is 8.13. The number of aliphatic hydroxyl groups excluding tert-OH is 1. The summed E-state index contributed by atoms with van der Waals surface area (Å²) in [7, 11) is 1.53. The summed E-state index contributed by atoms with van der Waals surface area (Å²) >= 11 is 0. The van der Waals surface area contributed by atoms with Crippen molar-refractivity contribution in [1.82, 2.24) is 5.32 Å². The molecule has 7 heteroatoms. The van der Waals surface area contributed by atoms with Gasteiger partial charge in [-0.05, 0) is 39.7 Å². The van der Waals surface area contributed by atoms with E-state index in [-0.39, 0.29) is 18.6 Å². The van der Waals surface area contributed by atoms with Crippen molar-refractivity contribution in [1.29, 1.82) is 0 Å². The molecule has 2 bridgehead atoms. The Morgan fingerprint density at radius 2 is 1.96 bits per heavy atom. The smallest absolute Gasteiger partial charge is 0.311 e. The number of cyclic esters (lactones) is 1. The van der Waals surface area contributed by atoms with Gasteiger partial charge in [-0.2, -0.15) is 0 Å². The highest BCUT2D eigenvalue weighted by molar-refractivity contribution is 5.72. The van der Waals surface area contributed by atoms with Crippen molar-refractivity contribution in [2.45, 2.75) is 76.6 Å². The third-order valence-electron chi connectivity index (χ3n) is 5.32. The Hall–Kier alpha value is -0.730. The van der Waals surface area contributed by atoms with Crippen LogP contribution in [0.25, 0.3) is 0 Å². The molecule has 0 amide bonds. The predicted octanol–water partition coefficient (Wildman–Crippen LogP) is 0.468. The van der Waals surface area contributed by atoms with Gasteiger partial charge in [-0.3, -0.25) is 4.79 Å². The maximum atomic E-state index is 12.3. The van der Waals surface area contributed by atoms with Gasteiger partial charge in [0.2, 0.25) is 0 Å². The van der Waals surface area contributed by atoms with Crippen molar-refractivity contribution in [3.05, 3.63) is 0 Å². The third kappa shape index (κ3) is 5.14. The molecule has 146 valence electrons. The van der Waals surface area contributed by atoms with Crippen molar-refractivity contribution in [2.24, 2.45) is 11.8 Å². The number of methoxy groups -OCH3 is 1. The molecule has 0 saturated carbocycles. The third-order valence-corrected chi connectivity index (χ3v) is 5.32. The van der Waals surface area contributed by atoms with Crippen molar-refractivity contribution in [2.75, 3.05) is 20.3 Å². The highest BCUT2D eigenvalue weighted by atomic mass is 16.6. The van der Waals surface area contributed by atoms with Gasteiger partial charge in [0.25, 0.3) is 0 Å². The van der Waals surface area contributed by atoms with Crippen LogP contribution in [0.3, 0.4) is 0 Å². The van der Waals surface area contributed by atoms with Crippen LogP contribution in [0.4, 0.5) is 0 Å². The molecule has 0 aromatic rings. The van der Waals surface area contributed by atoms with Crippen LogP contribution >= 0.6 is 0 Å². The molecule has 7 nitrogen and oxygen atoms in total. The lowest BCUT2D eigenvalue weighted by Gasteiger charge is -2.40. The number of hydrogen-bond donors (Lipinski definition) is 3. The van der Waals surface area contributed by atoms with Crippen LogP contribution in [0.1, 0.15) is 40.5 Å². The number of fused-ring (bicyclic) bond motifs is 2. The van der Waals surface area contributed by atoms with E-state index in [1.165, 1.54) is 7.11 Å². The molecule has 2 aliphatic heterocycles. The van der Waals surface area contributed by atoms with E-state index in [9.17, 15) is 15.0 Å². The summed E-state index contributed by atoms with van der Waals surface area (Å²) in [5, 5.41) is 24.8. The highest BCUT2D eigenvalue weighted by Gasteiger charge is 2.43. The molecule has 3 N–H and O–H groups in total. The molecular formula is C18H33NO6. The Morgan fingerprint density at radius 3 is 2.60 bits per heavy atom. The number of nitrogens with one attached hydrogen (secondary N) is 1. The highest BCUT2D eigenvalue weighted by Crippen LogP contribution is 2.31. The van der Waals surface area contributed by atoms with Gasteiger partial charge in [-0.25, -0.2) is 0 Å². The minimum Gasteiger partial charge on any atom is -0.463 e. The number of aliphatic hydroxyl groups is 2. The number of carbonyl (C=O) groups excluding carboxylic acids is 1. The van der Waals surface area contributed by atoms with Gasteiger partial charge in [-0.1, -0.05) is 6.92 Å². The summed E-state index contributed by atoms with van der Waals surface area (Å²) in [4.78, 5) is 12.3. The van der Waals surface area contributed by atoms with Gasteiger partial charge in [0.15, 0.2) is 0 Å². The van der Waals surface area contributed by atoms with Crippen LogP contribution in [0.5, 0.6) is 0 Å². The molecule has 0 aromatic carbocycles. The van der Waals surface area contributed by atoms with Crippen LogP contribution in [-0.4, -0.2) is 72.5 Å². The minimum absolute atomic E-state index is 0.116. The normalized spacial score (nSPS) is 47.2. The average molecular weight is 359 g/mol. The Morgan fingerprint density at radius 1 is 1.28 bits per heavy atom. The van der Waals surface area contributed by atoms with Crippen molar-refractivity contribution < 1.29 is 29.2 Å². The van der Waals surface area contributed by atoms with Crippen LogP contribution in [0.2, 0.25) is 0 Å². The van der Waals surface area contributed by atoms with Crippen molar-refractivity contribution in [3.8, 4) is 0 Å². The Balaban J connectivity index is 2.40. The fourth-order valence-corrected chi connectivity index (χ4v) is 4.03. The first kappa shape index (κ1) is 20.6. The molecule has 0 spiro atoms. The number of rotatable bonds is 1. The lowest BCUT2D eigenvalue weighted by atomic mass is 9.84. The van der Waals surface area contributed by atoms with Crippen molar-refractivity contribution >= 4 is 5.97 Å². The second-order valence-corrected chi connectivity index (χ2v) is 8.03. The Bertz CT molecular complexity index is 457. The number of carbonyl (C=O) groups is 1. The first-order valence-electron chi connectivity index (χ1n) is 9.13. The lowest BCUT2D eigenvalue weighted by molar-refractivity contribution is -0.165. The van der Waals surface area contributed by atoms with E-state index >= 15 is 0 Å². The van der Waals surface area contributed by atoms with Gasteiger partial charge in [-0.15, -0.1) is 0 Å². The lowest BCUT2D eigenvalue weighted by Crippen LogP contribution is -2.54. The van der Waals surface area contributed by atoms with E-state index in [1.54, 1.807) is 13.8 Å². The Labute approximate surface area is 150 Å². The molecule has 25 heavy (non-hydrogen) atoms. The molecule has 0 radical (unpaired) electrons. The summed E-state index contributed by atoms with van der Waals surface area (Å²) in [5.74, 6) is -0.723. The van der Waals surface area contributed by atoms with E-state index in [0.717, 1.165) is 0 Å². The Kier molecular flexibility index (Phi) is 6.84. The van der Waals surface area contributed by atoms with E-state index in [2.05, 4.69) is 12.2 Å². The summed E-state index contributed by atoms with van der Waals surface area (Å²) < 4.78 is 17.1.